The van der Waals surface area contributed by atoms with Crippen LogP contribution in [0.5, 0.6) is 0 Å². The number of benzene rings is 2. The Hall–Kier alpha value is -3.53. The summed E-state index contributed by atoms with van der Waals surface area (Å²) in [6.07, 6.45) is 0.296. The third-order valence-electron chi connectivity index (χ3n) is 4.23. The lowest BCUT2D eigenvalue weighted by Crippen LogP contribution is -2.32. The topological polar surface area (TPSA) is 87.4 Å². The maximum absolute atomic E-state index is 13.5. The van der Waals surface area contributed by atoms with Crippen LogP contribution in [0.2, 0.25) is 0 Å². The van der Waals surface area contributed by atoms with Crippen molar-refractivity contribution >= 4 is 23.4 Å². The normalized spacial score (nSPS) is 16.1. The molecule has 0 aliphatic carbocycles. The van der Waals surface area contributed by atoms with Crippen LogP contribution in [-0.4, -0.2) is 43.2 Å². The number of carbonyl (C=O) groups is 1. The van der Waals surface area contributed by atoms with Crippen molar-refractivity contribution in [2.45, 2.75) is 19.4 Å². The average Bonchev–Trinajstić information content (AvgIpc) is 3.19. The fraction of sp³-hybridized carbons (Fsp3) is 0.238. The number of guanidine groups is 1. The molecule has 7 nitrogen and oxygen atoms in total. The fourth-order valence-electron chi connectivity index (χ4n) is 2.76. The Kier molecular flexibility index (Phi) is 7.14. The quantitative estimate of drug-likeness (QED) is 0.564. The summed E-state index contributed by atoms with van der Waals surface area (Å²) in [6.45, 7) is 2.04. The van der Waals surface area contributed by atoms with E-state index in [1.54, 1.807) is 19.1 Å². The van der Waals surface area contributed by atoms with Gasteiger partial charge in [-0.15, -0.1) is 0 Å². The molecule has 1 aliphatic heterocycles. The summed E-state index contributed by atoms with van der Waals surface area (Å²) in [5.41, 5.74) is 4.02. The average molecular weight is 431 g/mol. The molecule has 0 spiro atoms. The van der Waals surface area contributed by atoms with Gasteiger partial charge in [-0.2, -0.15) is 10.1 Å². The van der Waals surface area contributed by atoms with Crippen LogP contribution >= 0.6 is 0 Å². The zero-order valence-corrected chi connectivity index (χ0v) is 16.8. The van der Waals surface area contributed by atoms with Crippen LogP contribution in [-0.2, 0) is 4.74 Å². The van der Waals surface area contributed by atoms with E-state index in [-0.39, 0.29) is 30.0 Å². The van der Waals surface area contributed by atoms with E-state index in [9.17, 15) is 18.0 Å². The minimum absolute atomic E-state index is 0.0441. The monoisotopic (exact) mass is 431 g/mol. The van der Waals surface area contributed by atoms with Crippen LogP contribution in [0, 0.1) is 17.5 Å². The highest BCUT2D eigenvalue weighted by Gasteiger charge is 2.18. The lowest BCUT2D eigenvalue weighted by molar-refractivity contribution is 0.0975. The highest BCUT2D eigenvalue weighted by atomic mass is 19.2. The van der Waals surface area contributed by atoms with Gasteiger partial charge in [-0.05, 0) is 42.8 Å². The molecule has 0 unspecified atom stereocenters. The Labute approximate surface area is 176 Å². The number of hydrazone groups is 1. The second kappa shape index (κ2) is 9.98. The van der Waals surface area contributed by atoms with Crippen molar-refractivity contribution in [1.29, 1.82) is 0 Å². The molecular formula is C21H20F3N5O2. The summed E-state index contributed by atoms with van der Waals surface area (Å²) in [7, 11) is 1.51. The van der Waals surface area contributed by atoms with Gasteiger partial charge in [-0.25, -0.2) is 18.2 Å². The SMILES string of the molecule is COC[C@H](C)N=C(N=C1CC(c2ccc(F)cc2)=NN1)NC(=O)c1ccc(F)c(F)c1. The first-order valence-electron chi connectivity index (χ1n) is 9.35. The second-order valence-electron chi connectivity index (χ2n) is 6.75. The molecule has 0 saturated carbocycles. The fourth-order valence-corrected chi connectivity index (χ4v) is 2.76. The van der Waals surface area contributed by atoms with Crippen LogP contribution in [0.1, 0.15) is 29.3 Å². The number of amidine groups is 1. The molecule has 1 heterocycles. The molecule has 0 radical (unpaired) electrons. The molecule has 3 rings (SSSR count). The Morgan fingerprint density at radius 3 is 2.61 bits per heavy atom. The van der Waals surface area contributed by atoms with E-state index in [1.807, 2.05) is 0 Å². The summed E-state index contributed by atoms with van der Waals surface area (Å²) in [5.74, 6) is -2.90. The summed E-state index contributed by atoms with van der Waals surface area (Å²) in [5, 5.41) is 6.67. The molecule has 1 aliphatic rings. The van der Waals surface area contributed by atoms with Crippen molar-refractivity contribution in [2.75, 3.05) is 13.7 Å². The van der Waals surface area contributed by atoms with E-state index in [0.717, 1.165) is 23.8 Å². The van der Waals surface area contributed by atoms with Crippen molar-refractivity contribution in [3.8, 4) is 0 Å². The molecule has 1 atom stereocenters. The smallest absolute Gasteiger partial charge is 0.258 e. The van der Waals surface area contributed by atoms with Crippen molar-refractivity contribution in [3.63, 3.8) is 0 Å². The predicted molar refractivity (Wildman–Crippen MR) is 111 cm³/mol. The summed E-state index contributed by atoms with van der Waals surface area (Å²) < 4.78 is 44.8. The number of rotatable bonds is 5. The number of amides is 1. The number of methoxy groups -OCH3 is 1. The molecule has 162 valence electrons. The van der Waals surface area contributed by atoms with Gasteiger partial charge in [-0.1, -0.05) is 12.1 Å². The maximum atomic E-state index is 13.5. The van der Waals surface area contributed by atoms with Crippen LogP contribution in [0.3, 0.4) is 0 Å². The molecule has 1 amide bonds. The van der Waals surface area contributed by atoms with Crippen LogP contribution in [0.25, 0.3) is 0 Å². The Morgan fingerprint density at radius 1 is 1.19 bits per heavy atom. The first-order chi connectivity index (χ1) is 14.9. The second-order valence-corrected chi connectivity index (χ2v) is 6.75. The first-order valence-corrected chi connectivity index (χ1v) is 9.35. The largest absolute Gasteiger partial charge is 0.382 e. The Balaban J connectivity index is 1.78. The minimum Gasteiger partial charge on any atom is -0.382 e. The van der Waals surface area contributed by atoms with Crippen LogP contribution < -0.4 is 10.7 Å². The summed E-state index contributed by atoms with van der Waals surface area (Å²) >= 11 is 0. The van der Waals surface area contributed by atoms with Crippen molar-refractivity contribution in [1.82, 2.24) is 10.7 Å². The molecular weight excluding hydrogens is 411 g/mol. The number of nitrogens with zero attached hydrogens (tertiary/aromatic N) is 3. The van der Waals surface area contributed by atoms with E-state index in [4.69, 9.17) is 4.74 Å². The number of halogens is 3. The van der Waals surface area contributed by atoms with E-state index in [0.29, 0.717) is 18.0 Å². The minimum atomic E-state index is -1.14. The number of carbonyl (C=O) groups excluding carboxylic acids is 1. The zero-order valence-electron chi connectivity index (χ0n) is 16.8. The third-order valence-corrected chi connectivity index (χ3v) is 4.23. The van der Waals surface area contributed by atoms with Gasteiger partial charge in [0.25, 0.3) is 5.91 Å². The Morgan fingerprint density at radius 2 is 1.94 bits per heavy atom. The first kappa shape index (κ1) is 22.2. The van der Waals surface area contributed by atoms with Gasteiger partial charge in [-0.3, -0.25) is 15.5 Å². The molecule has 0 saturated heterocycles. The van der Waals surface area contributed by atoms with Gasteiger partial charge in [0.05, 0.1) is 24.8 Å². The van der Waals surface area contributed by atoms with Gasteiger partial charge in [0.1, 0.15) is 11.7 Å². The van der Waals surface area contributed by atoms with Crippen molar-refractivity contribution in [2.24, 2.45) is 15.1 Å². The van der Waals surface area contributed by atoms with Gasteiger partial charge in [0, 0.05) is 12.7 Å². The zero-order chi connectivity index (χ0) is 22.4. The highest BCUT2D eigenvalue weighted by Crippen LogP contribution is 2.12. The molecule has 0 aromatic heterocycles. The lowest BCUT2D eigenvalue weighted by Gasteiger charge is -2.10. The molecule has 2 aromatic carbocycles. The van der Waals surface area contributed by atoms with Crippen LogP contribution in [0.4, 0.5) is 13.2 Å². The molecule has 0 fully saturated rings. The van der Waals surface area contributed by atoms with Crippen molar-refractivity contribution in [3.05, 3.63) is 71.0 Å². The van der Waals surface area contributed by atoms with E-state index < -0.39 is 17.5 Å². The van der Waals surface area contributed by atoms with E-state index >= 15 is 0 Å². The van der Waals surface area contributed by atoms with Gasteiger partial charge >= 0.3 is 0 Å². The third kappa shape index (κ3) is 5.98. The molecule has 2 N–H and O–H groups in total. The number of hydrogen-bond donors (Lipinski definition) is 2. The number of aliphatic imine (C=N–C) groups is 2. The summed E-state index contributed by atoms with van der Waals surface area (Å²) in [6, 6.07) is 8.31. The molecule has 0 bridgehead atoms. The maximum Gasteiger partial charge on any atom is 0.258 e. The van der Waals surface area contributed by atoms with Crippen LogP contribution in [0.15, 0.2) is 57.6 Å². The van der Waals surface area contributed by atoms with Crippen molar-refractivity contribution < 1.29 is 22.7 Å². The van der Waals surface area contributed by atoms with E-state index in [2.05, 4.69) is 25.8 Å². The van der Waals surface area contributed by atoms with Gasteiger partial charge in [0.15, 0.2) is 11.6 Å². The summed E-state index contributed by atoms with van der Waals surface area (Å²) in [4.78, 5) is 21.1. The van der Waals surface area contributed by atoms with E-state index in [1.165, 1.54) is 19.2 Å². The lowest BCUT2D eigenvalue weighted by atomic mass is 10.1. The van der Waals surface area contributed by atoms with Gasteiger partial charge < -0.3 is 4.74 Å². The molecule has 31 heavy (non-hydrogen) atoms. The molecule has 2 aromatic rings. The standard InChI is InChI=1S/C21H20F3N5O2/c1-12(11-31-2)25-21(27-20(30)14-5-8-16(23)17(24)9-14)26-19-10-18(28-29-19)13-3-6-15(22)7-4-13/h3-9,12H,10-11H2,1-2H3,(H2,25,26,27,29,30)/t12-/m0/s1. The number of nitrogens with one attached hydrogen (secondary N) is 2. The van der Waals surface area contributed by atoms with Gasteiger partial charge in [0.2, 0.25) is 5.96 Å². The Bertz CT molecular complexity index is 1050. The number of ether oxygens (including phenoxy) is 1. The predicted octanol–water partition coefficient (Wildman–Crippen LogP) is 3.02. The number of hydrogen-bond acceptors (Lipinski definition) is 4. The molecule has 10 heteroatoms. The highest BCUT2D eigenvalue weighted by molar-refractivity contribution is 6.18.